The van der Waals surface area contributed by atoms with Crippen LogP contribution in [0.5, 0.6) is 5.75 Å². The predicted molar refractivity (Wildman–Crippen MR) is 86.0 cm³/mol. The minimum absolute atomic E-state index is 0.517. The van der Waals surface area contributed by atoms with Gasteiger partial charge in [0.1, 0.15) is 5.75 Å². The number of anilines is 1. The monoisotopic (exact) mass is 320 g/mol. The van der Waals surface area contributed by atoms with E-state index in [9.17, 15) is 9.90 Å². The van der Waals surface area contributed by atoms with Crippen molar-refractivity contribution in [3.05, 3.63) is 24.3 Å². The quantitative estimate of drug-likeness (QED) is 0.891. The third-order valence-corrected chi connectivity index (χ3v) is 4.84. The van der Waals surface area contributed by atoms with Gasteiger partial charge in [-0.15, -0.1) is 0 Å². The molecule has 1 saturated carbocycles. The number of para-hydroxylation sites is 2. The van der Waals surface area contributed by atoms with Gasteiger partial charge >= 0.3 is 6.09 Å². The Morgan fingerprint density at radius 1 is 1.30 bits per heavy atom. The molecule has 6 nitrogen and oxygen atoms in total. The molecule has 2 fully saturated rings. The second-order valence-corrected chi connectivity index (χ2v) is 6.32. The van der Waals surface area contributed by atoms with E-state index in [0.717, 1.165) is 19.3 Å². The van der Waals surface area contributed by atoms with Gasteiger partial charge in [0.15, 0.2) is 11.3 Å². The molecule has 0 radical (unpaired) electrons. The molecule has 1 amide bonds. The SMILES string of the molecule is CCOc1ccccc1NN1C(=O)OC2(CCCCC2)[C@@]1(C)O. The summed E-state index contributed by atoms with van der Waals surface area (Å²) >= 11 is 0. The minimum atomic E-state index is -1.41. The zero-order valence-corrected chi connectivity index (χ0v) is 13.7. The van der Waals surface area contributed by atoms with E-state index in [2.05, 4.69) is 5.43 Å². The van der Waals surface area contributed by atoms with Gasteiger partial charge in [-0.1, -0.05) is 18.6 Å². The molecule has 0 unspecified atom stereocenters. The summed E-state index contributed by atoms with van der Waals surface area (Å²) in [6.07, 6.45) is 3.81. The van der Waals surface area contributed by atoms with Crippen LogP contribution in [0.15, 0.2) is 24.3 Å². The van der Waals surface area contributed by atoms with Crippen LogP contribution in [0.1, 0.15) is 46.0 Å². The van der Waals surface area contributed by atoms with Gasteiger partial charge in [0.05, 0.1) is 12.3 Å². The van der Waals surface area contributed by atoms with Crippen molar-refractivity contribution < 1.29 is 19.4 Å². The summed E-state index contributed by atoms with van der Waals surface area (Å²) < 4.78 is 11.2. The summed E-state index contributed by atoms with van der Waals surface area (Å²) in [7, 11) is 0. The summed E-state index contributed by atoms with van der Waals surface area (Å²) in [5, 5.41) is 12.2. The molecule has 2 aliphatic rings. The number of ether oxygens (including phenoxy) is 2. The van der Waals surface area contributed by atoms with Crippen molar-refractivity contribution in [1.82, 2.24) is 5.01 Å². The number of hydrogen-bond acceptors (Lipinski definition) is 5. The van der Waals surface area contributed by atoms with Crippen LogP contribution in [-0.2, 0) is 4.74 Å². The first kappa shape index (κ1) is 15.9. The fraction of sp³-hybridized carbons (Fsp3) is 0.588. The summed E-state index contributed by atoms with van der Waals surface area (Å²) in [5.41, 5.74) is 1.36. The number of benzene rings is 1. The Bertz CT molecular complexity index is 582. The van der Waals surface area contributed by atoms with E-state index in [1.807, 2.05) is 25.1 Å². The van der Waals surface area contributed by atoms with Crippen molar-refractivity contribution in [3.8, 4) is 5.75 Å². The van der Waals surface area contributed by atoms with Gasteiger partial charge in [0.2, 0.25) is 0 Å². The molecule has 0 aromatic heterocycles. The predicted octanol–water partition coefficient (Wildman–Crippen LogP) is 3.28. The zero-order valence-electron chi connectivity index (χ0n) is 13.7. The molecule has 23 heavy (non-hydrogen) atoms. The van der Waals surface area contributed by atoms with Crippen LogP contribution in [-0.4, -0.2) is 34.1 Å². The first-order valence-corrected chi connectivity index (χ1v) is 8.24. The normalized spacial score (nSPS) is 26.2. The highest BCUT2D eigenvalue weighted by Gasteiger charge is 2.62. The van der Waals surface area contributed by atoms with Crippen LogP contribution in [0.3, 0.4) is 0 Å². The Balaban J connectivity index is 1.87. The standard InChI is InChI=1S/C17H24N2O4/c1-3-22-14-10-6-5-9-13(14)18-19-15(20)23-17(16(19,2)21)11-7-4-8-12-17/h5-6,9-10,18,21H,3-4,7-8,11-12H2,1-2H3/t16-/m1/s1. The van der Waals surface area contributed by atoms with Crippen LogP contribution in [0.2, 0.25) is 0 Å². The number of rotatable bonds is 4. The molecule has 1 atom stereocenters. The van der Waals surface area contributed by atoms with Gasteiger partial charge in [0, 0.05) is 0 Å². The number of nitrogens with zero attached hydrogens (tertiary/aromatic N) is 1. The average Bonchev–Trinajstić information content (AvgIpc) is 2.70. The maximum atomic E-state index is 12.4. The van der Waals surface area contributed by atoms with Crippen LogP contribution in [0.25, 0.3) is 0 Å². The van der Waals surface area contributed by atoms with Gasteiger partial charge in [-0.25, -0.2) is 4.79 Å². The van der Waals surface area contributed by atoms with Gasteiger partial charge in [0.25, 0.3) is 0 Å². The third kappa shape index (κ3) is 2.61. The number of carbonyl (C=O) groups is 1. The minimum Gasteiger partial charge on any atom is -0.492 e. The molecular weight excluding hydrogens is 296 g/mol. The molecule has 3 rings (SSSR count). The number of carbonyl (C=O) groups excluding carboxylic acids is 1. The van der Waals surface area contributed by atoms with Crippen molar-refractivity contribution in [3.63, 3.8) is 0 Å². The summed E-state index contributed by atoms with van der Waals surface area (Å²) in [5.74, 6) is 0.628. The fourth-order valence-electron chi connectivity index (χ4n) is 3.50. The maximum Gasteiger partial charge on any atom is 0.432 e. The number of nitrogens with one attached hydrogen (secondary N) is 1. The van der Waals surface area contributed by atoms with Gasteiger partial charge in [-0.2, -0.15) is 5.01 Å². The lowest BCUT2D eigenvalue weighted by molar-refractivity contribution is -0.154. The third-order valence-electron chi connectivity index (χ3n) is 4.84. The highest BCUT2D eigenvalue weighted by atomic mass is 16.6. The lowest BCUT2D eigenvalue weighted by atomic mass is 9.78. The number of hydrazine groups is 1. The van der Waals surface area contributed by atoms with E-state index >= 15 is 0 Å². The largest absolute Gasteiger partial charge is 0.492 e. The fourth-order valence-corrected chi connectivity index (χ4v) is 3.50. The Morgan fingerprint density at radius 3 is 2.70 bits per heavy atom. The van der Waals surface area contributed by atoms with Crippen molar-refractivity contribution in [2.24, 2.45) is 0 Å². The molecule has 1 heterocycles. The first-order chi connectivity index (χ1) is 11.0. The van der Waals surface area contributed by atoms with Crippen molar-refractivity contribution >= 4 is 11.8 Å². The van der Waals surface area contributed by atoms with Crippen molar-refractivity contribution in [1.29, 1.82) is 0 Å². The average molecular weight is 320 g/mol. The number of hydrogen-bond donors (Lipinski definition) is 2. The molecular formula is C17H24N2O4. The van der Waals surface area contributed by atoms with Crippen LogP contribution >= 0.6 is 0 Å². The Kier molecular flexibility index (Phi) is 4.10. The van der Waals surface area contributed by atoms with Crippen LogP contribution in [0.4, 0.5) is 10.5 Å². The molecule has 6 heteroatoms. The van der Waals surface area contributed by atoms with E-state index < -0.39 is 17.4 Å². The molecule has 1 aliphatic heterocycles. The lowest BCUT2D eigenvalue weighted by Crippen LogP contribution is -2.58. The molecule has 1 spiro atoms. The molecule has 1 aromatic rings. The molecule has 126 valence electrons. The van der Waals surface area contributed by atoms with E-state index in [1.165, 1.54) is 5.01 Å². The Morgan fingerprint density at radius 2 is 2.00 bits per heavy atom. The van der Waals surface area contributed by atoms with E-state index in [1.54, 1.807) is 13.0 Å². The second kappa shape index (κ2) is 5.92. The maximum absolute atomic E-state index is 12.4. The summed E-state index contributed by atoms with van der Waals surface area (Å²) in [4.78, 5) is 12.4. The first-order valence-electron chi connectivity index (χ1n) is 8.24. The molecule has 0 bridgehead atoms. The zero-order chi connectivity index (χ0) is 16.5. The van der Waals surface area contributed by atoms with E-state index in [0.29, 0.717) is 30.9 Å². The Labute approximate surface area is 136 Å². The summed E-state index contributed by atoms with van der Waals surface area (Å²) in [6.45, 7) is 4.05. The van der Waals surface area contributed by atoms with Crippen molar-refractivity contribution in [2.45, 2.75) is 57.3 Å². The molecule has 1 aliphatic carbocycles. The van der Waals surface area contributed by atoms with Crippen LogP contribution in [0, 0.1) is 0 Å². The Hall–Kier alpha value is -1.95. The van der Waals surface area contributed by atoms with Gasteiger partial charge in [-0.3, -0.25) is 5.43 Å². The van der Waals surface area contributed by atoms with E-state index in [4.69, 9.17) is 9.47 Å². The van der Waals surface area contributed by atoms with Crippen LogP contribution < -0.4 is 10.2 Å². The molecule has 2 N–H and O–H groups in total. The van der Waals surface area contributed by atoms with Gasteiger partial charge < -0.3 is 14.6 Å². The van der Waals surface area contributed by atoms with Gasteiger partial charge in [-0.05, 0) is 51.7 Å². The van der Waals surface area contributed by atoms with Crippen molar-refractivity contribution in [2.75, 3.05) is 12.0 Å². The number of amides is 1. The number of aliphatic hydroxyl groups is 1. The highest BCUT2D eigenvalue weighted by Crippen LogP contribution is 2.47. The second-order valence-electron chi connectivity index (χ2n) is 6.32. The summed E-state index contributed by atoms with van der Waals surface area (Å²) in [6, 6.07) is 7.33. The topological polar surface area (TPSA) is 71.0 Å². The smallest absolute Gasteiger partial charge is 0.432 e. The molecule has 1 aromatic carbocycles. The lowest BCUT2D eigenvalue weighted by Gasteiger charge is -2.41. The van der Waals surface area contributed by atoms with E-state index in [-0.39, 0.29) is 0 Å². The highest BCUT2D eigenvalue weighted by molar-refractivity contribution is 5.75. The molecule has 1 saturated heterocycles.